The standard InChI is InChI=1S/C50H79N15O11/c51-32(26-30-12-3-1-4-13-30)41(68)58-28-40(67)63-23-11-20-39(63)47(74)65-25-10-19-38(65)44(71)59-33(16-7-21-56-49(52)53)42(69)62-36(29-66)46(73)64-24-9-18-37(64)45(72)61-35(27-31-14-5-2-6-15-31)43(70)60-34(48(75)76)17-8-22-57-50(54)55/h2,5-6,14-15,30,32-39,66H,1,3-4,7-13,16-29,51H2,(H,58,68)(H,59,71)(H,60,70)(H,61,72)(H,62,69)(H,75,76)(H4,52,53,56)(H4,54,55,57)/t32-,33-,34-,35-,36-,37-,38-,39-/m0/s1. The quantitative estimate of drug-likeness (QED) is 0.0234. The van der Waals surface area contributed by atoms with Crippen LogP contribution in [0.5, 0.6) is 0 Å². The largest absolute Gasteiger partial charge is 0.480 e. The molecule has 26 nitrogen and oxygen atoms in total. The number of nitrogens with one attached hydrogen (secondary N) is 5. The molecule has 4 aliphatic rings. The molecule has 76 heavy (non-hydrogen) atoms. The molecule has 3 saturated heterocycles. The first kappa shape index (κ1) is 59.8. The Hall–Kier alpha value is -7.09. The minimum Gasteiger partial charge on any atom is -0.480 e. The first-order valence-corrected chi connectivity index (χ1v) is 26.5. The second-order valence-corrected chi connectivity index (χ2v) is 20.0. The van der Waals surface area contributed by atoms with Crippen molar-refractivity contribution in [1.29, 1.82) is 0 Å². The normalized spacial score (nSPS) is 20.5. The lowest BCUT2D eigenvalue weighted by atomic mass is 9.85. The van der Waals surface area contributed by atoms with Gasteiger partial charge in [-0.15, -0.1) is 0 Å². The van der Waals surface area contributed by atoms with E-state index in [4.69, 9.17) is 28.7 Å². The number of carbonyl (C=O) groups is 9. The molecule has 0 spiro atoms. The Morgan fingerprint density at radius 2 is 1.13 bits per heavy atom. The van der Waals surface area contributed by atoms with Crippen LogP contribution < -0.4 is 55.3 Å². The van der Waals surface area contributed by atoms with Crippen molar-refractivity contribution in [3.8, 4) is 0 Å². The molecule has 5 rings (SSSR count). The maximum absolute atomic E-state index is 14.2. The van der Waals surface area contributed by atoms with Gasteiger partial charge in [0.25, 0.3) is 0 Å². The number of aliphatic hydroxyl groups excluding tert-OH is 1. The van der Waals surface area contributed by atoms with Gasteiger partial charge in [-0.25, -0.2) is 4.79 Å². The number of nitrogens with two attached hydrogens (primary N) is 5. The number of hydrogen-bond donors (Lipinski definition) is 12. The average Bonchev–Trinajstić information content (AvgIpc) is 4.21. The number of hydrogen-bond acceptors (Lipinski definition) is 13. The second-order valence-electron chi connectivity index (χ2n) is 20.0. The Balaban J connectivity index is 1.23. The molecule has 1 aliphatic carbocycles. The van der Waals surface area contributed by atoms with Crippen molar-refractivity contribution in [1.82, 2.24) is 41.3 Å². The summed E-state index contributed by atoms with van der Waals surface area (Å²) < 4.78 is 0. The third-order valence-electron chi connectivity index (χ3n) is 14.4. The SMILES string of the molecule is NC(N)=NCCC[C@H](NC(=O)[C@H](Cc1ccccc1)NC(=O)[C@@H]1CCCN1C(=O)[C@H](CO)NC(=O)[C@H](CCCN=C(N)N)NC(=O)[C@@H]1CCCN1C(=O)[C@@H]1CCCN1C(=O)CNC(=O)[C@@H](N)CC1CCCCC1)C(=O)O. The monoisotopic (exact) mass is 1070 g/mol. The smallest absolute Gasteiger partial charge is 0.326 e. The van der Waals surface area contributed by atoms with Crippen LogP contribution in [0.15, 0.2) is 40.3 Å². The van der Waals surface area contributed by atoms with Gasteiger partial charge in [-0.05, 0) is 82.1 Å². The lowest BCUT2D eigenvalue weighted by molar-refractivity contribution is -0.147. The number of carbonyl (C=O) groups excluding carboxylic acids is 8. The number of amides is 8. The van der Waals surface area contributed by atoms with Gasteiger partial charge < -0.3 is 80.2 Å². The van der Waals surface area contributed by atoms with Crippen LogP contribution in [0, 0.1) is 5.92 Å². The van der Waals surface area contributed by atoms with E-state index in [1.807, 2.05) is 0 Å². The van der Waals surface area contributed by atoms with Crippen molar-refractivity contribution >= 4 is 65.1 Å². The first-order chi connectivity index (χ1) is 36.4. The van der Waals surface area contributed by atoms with Gasteiger partial charge in [0.1, 0.15) is 42.3 Å². The van der Waals surface area contributed by atoms with E-state index in [0.29, 0.717) is 43.6 Å². The minimum atomic E-state index is -1.59. The van der Waals surface area contributed by atoms with Crippen molar-refractivity contribution < 1.29 is 53.4 Å². The zero-order valence-electron chi connectivity index (χ0n) is 43.2. The number of guanidine groups is 2. The molecule has 26 heteroatoms. The Bertz CT molecular complexity index is 2240. The van der Waals surface area contributed by atoms with Crippen molar-refractivity contribution in [3.05, 3.63) is 35.9 Å². The highest BCUT2D eigenvalue weighted by atomic mass is 16.4. The first-order valence-electron chi connectivity index (χ1n) is 26.5. The van der Waals surface area contributed by atoms with Crippen LogP contribution in [-0.2, 0) is 49.6 Å². The summed E-state index contributed by atoms with van der Waals surface area (Å²) in [7, 11) is 0. The number of nitrogens with zero attached hydrogens (tertiary/aromatic N) is 5. The summed E-state index contributed by atoms with van der Waals surface area (Å²) in [6.07, 6.45) is 8.35. The van der Waals surface area contributed by atoms with Crippen LogP contribution in [0.4, 0.5) is 0 Å². The maximum atomic E-state index is 14.2. The number of aliphatic hydroxyl groups is 1. The van der Waals surface area contributed by atoms with Crippen LogP contribution >= 0.6 is 0 Å². The lowest BCUT2D eigenvalue weighted by Crippen LogP contribution is -2.60. The molecule has 0 aromatic heterocycles. The molecule has 420 valence electrons. The second kappa shape index (κ2) is 29.9. The Kier molecular flexibility index (Phi) is 23.5. The molecule has 8 atom stereocenters. The molecule has 1 saturated carbocycles. The van der Waals surface area contributed by atoms with E-state index in [1.54, 1.807) is 30.3 Å². The number of aliphatic carboxylic acids is 1. The number of carboxylic acid groups (broad SMARTS) is 1. The third-order valence-corrected chi connectivity index (χ3v) is 14.4. The fourth-order valence-corrected chi connectivity index (χ4v) is 10.5. The van der Waals surface area contributed by atoms with Crippen LogP contribution in [-0.4, -0.2) is 184 Å². The lowest BCUT2D eigenvalue weighted by Gasteiger charge is -2.32. The molecule has 0 unspecified atom stereocenters. The summed E-state index contributed by atoms with van der Waals surface area (Å²) in [6, 6.07) is -0.665. The van der Waals surface area contributed by atoms with Crippen molar-refractivity contribution in [2.75, 3.05) is 45.9 Å². The molecule has 8 amide bonds. The van der Waals surface area contributed by atoms with Crippen LogP contribution in [0.25, 0.3) is 0 Å². The van der Waals surface area contributed by atoms with E-state index < -0.39 is 108 Å². The molecule has 17 N–H and O–H groups in total. The summed E-state index contributed by atoms with van der Waals surface area (Å²) in [5, 5.41) is 33.5. The van der Waals surface area contributed by atoms with Gasteiger partial charge in [-0.2, -0.15) is 0 Å². The van der Waals surface area contributed by atoms with Crippen LogP contribution in [0.3, 0.4) is 0 Å². The van der Waals surface area contributed by atoms with Gasteiger partial charge in [-0.1, -0.05) is 62.4 Å². The average molecular weight is 1070 g/mol. The van der Waals surface area contributed by atoms with Gasteiger partial charge in [0.05, 0.1) is 19.2 Å². The summed E-state index contributed by atoms with van der Waals surface area (Å²) in [6.45, 7) is -0.510. The van der Waals surface area contributed by atoms with Crippen LogP contribution in [0.2, 0.25) is 0 Å². The number of rotatable bonds is 27. The minimum absolute atomic E-state index is 0.0221. The molecular formula is C50H79N15O11. The topological polar surface area (TPSA) is 419 Å². The fourth-order valence-electron chi connectivity index (χ4n) is 10.5. The van der Waals surface area contributed by atoms with E-state index in [1.165, 1.54) is 21.1 Å². The maximum Gasteiger partial charge on any atom is 0.326 e. The van der Waals surface area contributed by atoms with Gasteiger partial charge in [0.2, 0.25) is 47.3 Å². The van der Waals surface area contributed by atoms with E-state index in [9.17, 15) is 53.4 Å². The molecule has 1 aromatic carbocycles. The molecule has 0 radical (unpaired) electrons. The van der Waals surface area contributed by atoms with E-state index in [-0.39, 0.29) is 96.1 Å². The fraction of sp³-hybridized carbons (Fsp3) is 0.660. The van der Waals surface area contributed by atoms with Crippen molar-refractivity contribution in [2.24, 2.45) is 44.6 Å². The molecule has 1 aromatic rings. The number of benzene rings is 1. The van der Waals surface area contributed by atoms with E-state index >= 15 is 0 Å². The Morgan fingerprint density at radius 1 is 0.605 bits per heavy atom. The molecule has 0 bridgehead atoms. The van der Waals surface area contributed by atoms with E-state index in [2.05, 4.69) is 36.6 Å². The van der Waals surface area contributed by atoms with Gasteiger partial charge in [0.15, 0.2) is 11.9 Å². The summed E-state index contributed by atoms with van der Waals surface area (Å²) >= 11 is 0. The number of carboxylic acids is 1. The molecule has 3 heterocycles. The van der Waals surface area contributed by atoms with Gasteiger partial charge in [-0.3, -0.25) is 48.3 Å². The highest BCUT2D eigenvalue weighted by Gasteiger charge is 2.44. The summed E-state index contributed by atoms with van der Waals surface area (Å²) in [5.41, 5.74) is 28.6. The summed E-state index contributed by atoms with van der Waals surface area (Å²) in [5.74, 6) is -6.51. The number of aliphatic imine (C=N–C) groups is 2. The van der Waals surface area contributed by atoms with E-state index in [0.717, 1.165) is 25.7 Å². The summed E-state index contributed by atoms with van der Waals surface area (Å²) in [4.78, 5) is 135. The molecule has 3 aliphatic heterocycles. The highest BCUT2D eigenvalue weighted by molar-refractivity contribution is 5.98. The molecular weight excluding hydrogens is 987 g/mol. The predicted octanol–water partition coefficient (Wildman–Crippen LogP) is -3.26. The molecule has 4 fully saturated rings. The van der Waals surface area contributed by atoms with Gasteiger partial charge in [0, 0.05) is 39.1 Å². The zero-order valence-corrected chi connectivity index (χ0v) is 43.2. The third kappa shape index (κ3) is 17.8. The Labute approximate surface area is 442 Å². The van der Waals surface area contributed by atoms with Gasteiger partial charge >= 0.3 is 5.97 Å². The number of likely N-dealkylation sites (tertiary alicyclic amines) is 3. The van der Waals surface area contributed by atoms with Crippen LogP contribution in [0.1, 0.15) is 108 Å². The predicted molar refractivity (Wildman–Crippen MR) is 279 cm³/mol. The van der Waals surface area contributed by atoms with Crippen molar-refractivity contribution in [3.63, 3.8) is 0 Å². The Morgan fingerprint density at radius 3 is 1.72 bits per heavy atom. The van der Waals surface area contributed by atoms with Crippen molar-refractivity contribution in [2.45, 2.75) is 157 Å². The zero-order chi connectivity index (χ0) is 55.3. The highest BCUT2D eigenvalue weighted by Crippen LogP contribution is 2.28.